The molecule has 23 heavy (non-hydrogen) atoms. The molecular formula is C22H46O. The van der Waals surface area contributed by atoms with Crippen molar-refractivity contribution in [3.05, 3.63) is 0 Å². The molecule has 0 saturated carbocycles. The Balaban J connectivity index is 3.66. The second-order valence-electron chi connectivity index (χ2n) is 7.76. The van der Waals surface area contributed by atoms with E-state index in [0.717, 1.165) is 12.3 Å². The summed E-state index contributed by atoms with van der Waals surface area (Å²) in [5.74, 6) is 0.867. The molecule has 0 aliphatic rings. The molecule has 140 valence electrons. The van der Waals surface area contributed by atoms with E-state index >= 15 is 0 Å². The van der Waals surface area contributed by atoms with E-state index in [1.54, 1.807) is 0 Å². The van der Waals surface area contributed by atoms with Crippen molar-refractivity contribution in [2.24, 2.45) is 5.92 Å². The molecule has 0 aromatic heterocycles. The fourth-order valence-electron chi connectivity index (χ4n) is 3.51. The van der Waals surface area contributed by atoms with Crippen molar-refractivity contribution in [1.29, 1.82) is 0 Å². The van der Waals surface area contributed by atoms with Crippen molar-refractivity contribution >= 4 is 0 Å². The average molecular weight is 327 g/mol. The highest BCUT2D eigenvalue weighted by molar-refractivity contribution is 4.63. The quantitative estimate of drug-likeness (QED) is 0.256. The summed E-state index contributed by atoms with van der Waals surface area (Å²) >= 11 is 0. The Morgan fingerprint density at radius 2 is 0.913 bits per heavy atom. The zero-order chi connectivity index (χ0) is 17.2. The Hall–Kier alpha value is -0.0400. The summed E-state index contributed by atoms with van der Waals surface area (Å²) in [6.45, 7) is 6.51. The summed E-state index contributed by atoms with van der Waals surface area (Å²) in [6.07, 6.45) is 23.2. The van der Waals surface area contributed by atoms with Crippen LogP contribution in [0.25, 0.3) is 0 Å². The molecular weight excluding hydrogens is 280 g/mol. The molecule has 2 unspecified atom stereocenters. The first-order valence-corrected chi connectivity index (χ1v) is 10.9. The van der Waals surface area contributed by atoms with Crippen molar-refractivity contribution in [1.82, 2.24) is 0 Å². The smallest absolute Gasteiger partial charge is 0.0512 e. The molecule has 0 radical (unpaired) electrons. The van der Waals surface area contributed by atoms with Gasteiger partial charge in [0.25, 0.3) is 0 Å². The van der Waals surface area contributed by atoms with Gasteiger partial charge in [0.2, 0.25) is 0 Å². The first kappa shape index (κ1) is 23.0. The largest absolute Gasteiger partial charge is 0.393 e. The molecule has 1 heteroatoms. The van der Waals surface area contributed by atoms with Crippen LogP contribution in [0.2, 0.25) is 0 Å². The molecule has 0 fully saturated rings. The van der Waals surface area contributed by atoms with Crippen LogP contribution in [0.5, 0.6) is 0 Å². The summed E-state index contributed by atoms with van der Waals surface area (Å²) in [4.78, 5) is 0. The van der Waals surface area contributed by atoms with Crippen molar-refractivity contribution in [2.75, 3.05) is 0 Å². The maximum atomic E-state index is 9.56. The lowest BCUT2D eigenvalue weighted by molar-refractivity contribution is 0.169. The SMILES string of the molecule is CCCCCCCCCCC(CCCCCCC)CCC(C)O. The molecule has 0 heterocycles. The van der Waals surface area contributed by atoms with Gasteiger partial charge in [-0.2, -0.15) is 0 Å². The second-order valence-corrected chi connectivity index (χ2v) is 7.76. The zero-order valence-corrected chi connectivity index (χ0v) is 16.6. The van der Waals surface area contributed by atoms with Crippen LogP contribution in [0.4, 0.5) is 0 Å². The van der Waals surface area contributed by atoms with Crippen LogP contribution in [0.1, 0.15) is 130 Å². The lowest BCUT2D eigenvalue weighted by Crippen LogP contribution is -2.07. The fourth-order valence-corrected chi connectivity index (χ4v) is 3.51. The highest BCUT2D eigenvalue weighted by Gasteiger charge is 2.10. The van der Waals surface area contributed by atoms with Gasteiger partial charge in [-0.25, -0.2) is 0 Å². The van der Waals surface area contributed by atoms with E-state index in [-0.39, 0.29) is 6.10 Å². The molecule has 0 aliphatic heterocycles. The Bertz CT molecular complexity index is 212. The van der Waals surface area contributed by atoms with Gasteiger partial charge >= 0.3 is 0 Å². The lowest BCUT2D eigenvalue weighted by Gasteiger charge is -2.18. The van der Waals surface area contributed by atoms with Crippen molar-refractivity contribution < 1.29 is 5.11 Å². The number of aliphatic hydroxyl groups is 1. The highest BCUT2D eigenvalue weighted by Crippen LogP contribution is 2.24. The monoisotopic (exact) mass is 326 g/mol. The number of hydrogen-bond acceptors (Lipinski definition) is 1. The average Bonchev–Trinajstić information content (AvgIpc) is 2.53. The maximum Gasteiger partial charge on any atom is 0.0512 e. The van der Waals surface area contributed by atoms with Crippen molar-refractivity contribution in [2.45, 2.75) is 136 Å². The van der Waals surface area contributed by atoms with Crippen LogP contribution in [0.3, 0.4) is 0 Å². The fraction of sp³-hybridized carbons (Fsp3) is 1.00. The first-order valence-electron chi connectivity index (χ1n) is 10.9. The van der Waals surface area contributed by atoms with E-state index in [1.807, 2.05) is 6.92 Å². The Kier molecular flexibility index (Phi) is 18.3. The first-order chi connectivity index (χ1) is 11.2. The molecule has 0 aromatic rings. The second kappa shape index (κ2) is 18.3. The molecule has 1 nitrogen and oxygen atoms in total. The van der Waals surface area contributed by atoms with Gasteiger partial charge in [-0.1, -0.05) is 110 Å². The molecule has 0 aromatic carbocycles. The van der Waals surface area contributed by atoms with Crippen LogP contribution >= 0.6 is 0 Å². The highest BCUT2D eigenvalue weighted by atomic mass is 16.3. The van der Waals surface area contributed by atoms with E-state index in [4.69, 9.17) is 0 Å². The Labute approximate surface area is 147 Å². The molecule has 0 amide bonds. The summed E-state index contributed by atoms with van der Waals surface area (Å²) in [5, 5.41) is 9.56. The molecule has 0 spiro atoms. The third-order valence-electron chi connectivity index (χ3n) is 5.17. The number of aliphatic hydroxyl groups excluding tert-OH is 1. The van der Waals surface area contributed by atoms with Gasteiger partial charge in [0.1, 0.15) is 0 Å². The third-order valence-corrected chi connectivity index (χ3v) is 5.17. The molecule has 2 atom stereocenters. The molecule has 0 bridgehead atoms. The van der Waals surface area contributed by atoms with Gasteiger partial charge in [0, 0.05) is 0 Å². The summed E-state index contributed by atoms with van der Waals surface area (Å²) in [6, 6.07) is 0. The van der Waals surface area contributed by atoms with Crippen LogP contribution < -0.4 is 0 Å². The van der Waals surface area contributed by atoms with Gasteiger partial charge in [-0.05, 0) is 25.7 Å². The van der Waals surface area contributed by atoms with Crippen LogP contribution in [-0.4, -0.2) is 11.2 Å². The minimum absolute atomic E-state index is 0.115. The molecule has 0 rings (SSSR count). The van der Waals surface area contributed by atoms with E-state index in [0.29, 0.717) is 0 Å². The van der Waals surface area contributed by atoms with E-state index < -0.39 is 0 Å². The van der Waals surface area contributed by atoms with E-state index in [9.17, 15) is 5.11 Å². The number of rotatable bonds is 18. The van der Waals surface area contributed by atoms with Gasteiger partial charge in [-0.3, -0.25) is 0 Å². The maximum absolute atomic E-state index is 9.56. The molecule has 0 saturated heterocycles. The summed E-state index contributed by atoms with van der Waals surface area (Å²) in [5.41, 5.74) is 0. The molecule has 1 N–H and O–H groups in total. The predicted molar refractivity (Wildman–Crippen MR) is 105 cm³/mol. The summed E-state index contributed by atoms with van der Waals surface area (Å²) in [7, 11) is 0. The minimum Gasteiger partial charge on any atom is -0.393 e. The minimum atomic E-state index is -0.115. The topological polar surface area (TPSA) is 20.2 Å². The van der Waals surface area contributed by atoms with Gasteiger partial charge in [0.15, 0.2) is 0 Å². The third kappa shape index (κ3) is 18.1. The van der Waals surface area contributed by atoms with Gasteiger partial charge in [0.05, 0.1) is 6.10 Å². The Morgan fingerprint density at radius 1 is 0.522 bits per heavy atom. The van der Waals surface area contributed by atoms with Crippen LogP contribution in [0.15, 0.2) is 0 Å². The normalized spacial score (nSPS) is 14.1. The zero-order valence-electron chi connectivity index (χ0n) is 16.6. The summed E-state index contributed by atoms with van der Waals surface area (Å²) < 4.78 is 0. The van der Waals surface area contributed by atoms with Crippen LogP contribution in [0, 0.1) is 5.92 Å². The van der Waals surface area contributed by atoms with Crippen molar-refractivity contribution in [3.8, 4) is 0 Å². The van der Waals surface area contributed by atoms with Crippen molar-refractivity contribution in [3.63, 3.8) is 0 Å². The van der Waals surface area contributed by atoms with Gasteiger partial charge in [-0.15, -0.1) is 0 Å². The molecule has 0 aliphatic carbocycles. The Morgan fingerprint density at radius 3 is 1.30 bits per heavy atom. The predicted octanol–water partition coefficient (Wildman–Crippen LogP) is 7.65. The van der Waals surface area contributed by atoms with Gasteiger partial charge < -0.3 is 5.11 Å². The van der Waals surface area contributed by atoms with E-state index in [1.165, 1.54) is 103 Å². The van der Waals surface area contributed by atoms with Crippen LogP contribution in [-0.2, 0) is 0 Å². The lowest BCUT2D eigenvalue weighted by atomic mass is 9.89. The van der Waals surface area contributed by atoms with E-state index in [2.05, 4.69) is 13.8 Å². The number of unbranched alkanes of at least 4 members (excludes halogenated alkanes) is 11. The standard InChI is InChI=1S/C22H46O/c1-4-6-8-10-11-12-14-16-18-22(20-19-21(3)23)17-15-13-9-7-5-2/h21-23H,4-20H2,1-3H3. The number of hydrogen-bond donors (Lipinski definition) is 1.